The van der Waals surface area contributed by atoms with Crippen molar-refractivity contribution in [2.75, 3.05) is 26.2 Å². The van der Waals surface area contributed by atoms with Crippen molar-refractivity contribution in [3.63, 3.8) is 0 Å². The van der Waals surface area contributed by atoms with Gasteiger partial charge in [0.25, 0.3) is 5.91 Å². The molecule has 0 aliphatic heterocycles. The first-order valence-corrected chi connectivity index (χ1v) is 13.2. The third-order valence-corrected chi connectivity index (χ3v) is 6.55. The monoisotopic (exact) mass is 533 g/mol. The molecular weight excluding hydrogens is 500 g/mol. The second kappa shape index (κ2) is 13.0. The number of aromatic amines is 1. The fourth-order valence-electron chi connectivity index (χ4n) is 4.58. The third-order valence-electron chi connectivity index (χ3n) is 6.55. The molecule has 0 spiro atoms. The van der Waals surface area contributed by atoms with Gasteiger partial charge in [0, 0.05) is 42.8 Å². The van der Waals surface area contributed by atoms with E-state index < -0.39 is 17.5 Å². The molecule has 0 radical (unpaired) electrons. The molecule has 1 N–H and O–H groups in total. The zero-order chi connectivity index (χ0) is 27.8. The molecule has 3 aromatic carbocycles. The fraction of sp³-hybridized carbons (Fsp3) is 0.290. The topological polar surface area (TPSA) is 65.6 Å². The van der Waals surface area contributed by atoms with Crippen LogP contribution in [-0.2, 0) is 17.8 Å². The lowest BCUT2D eigenvalue weighted by Gasteiger charge is -2.28. The maximum Gasteiger partial charge on any atom is 0.257 e. The molecule has 1 aromatic heterocycles. The number of carbonyl (C=O) groups excluding carboxylic acids is 2. The highest BCUT2D eigenvalue weighted by Gasteiger charge is 2.24. The van der Waals surface area contributed by atoms with Gasteiger partial charge in [0.1, 0.15) is 23.9 Å². The number of carbonyl (C=O) groups is 2. The quantitative estimate of drug-likeness (QED) is 0.244. The van der Waals surface area contributed by atoms with Crippen LogP contribution in [-0.4, -0.2) is 52.8 Å². The van der Waals surface area contributed by atoms with Crippen molar-refractivity contribution in [3.8, 4) is 5.75 Å². The summed E-state index contributed by atoms with van der Waals surface area (Å²) >= 11 is 0. The summed E-state index contributed by atoms with van der Waals surface area (Å²) < 4.78 is 33.3. The molecule has 2 amide bonds. The summed E-state index contributed by atoms with van der Waals surface area (Å²) in [5.41, 5.74) is 2.78. The summed E-state index contributed by atoms with van der Waals surface area (Å²) in [5.74, 6) is -1.85. The largest absolute Gasteiger partial charge is 0.494 e. The number of rotatable bonds is 12. The third kappa shape index (κ3) is 7.02. The standard InChI is InChI=1S/C31H33F2N3O3/c1-3-16-36(31(38)27-14-11-24(32)18-28(27)33)21-30(37)35(20-22-9-12-25(13-10-22)39-4-2)17-15-23-19-34-29-8-6-5-7-26(23)29/h5-14,18-19,34H,3-4,15-17,20-21H2,1-2H3. The molecule has 0 fully saturated rings. The Morgan fingerprint density at radius 2 is 1.69 bits per heavy atom. The minimum Gasteiger partial charge on any atom is -0.494 e. The molecule has 6 nitrogen and oxygen atoms in total. The van der Waals surface area contributed by atoms with E-state index in [2.05, 4.69) is 4.98 Å². The van der Waals surface area contributed by atoms with E-state index in [-0.39, 0.29) is 24.6 Å². The maximum atomic E-state index is 14.4. The molecule has 204 valence electrons. The summed E-state index contributed by atoms with van der Waals surface area (Å²) in [6.45, 7) is 5.17. The van der Waals surface area contributed by atoms with Gasteiger partial charge in [-0.25, -0.2) is 8.78 Å². The normalized spacial score (nSPS) is 11.0. The number of fused-ring (bicyclic) bond motifs is 1. The Balaban J connectivity index is 1.55. The summed E-state index contributed by atoms with van der Waals surface area (Å²) in [6.07, 6.45) is 3.14. The lowest BCUT2D eigenvalue weighted by molar-refractivity contribution is -0.132. The highest BCUT2D eigenvalue weighted by atomic mass is 19.1. The first-order valence-electron chi connectivity index (χ1n) is 13.2. The van der Waals surface area contributed by atoms with Crippen LogP contribution in [0.4, 0.5) is 8.78 Å². The van der Waals surface area contributed by atoms with Gasteiger partial charge in [-0.15, -0.1) is 0 Å². The summed E-state index contributed by atoms with van der Waals surface area (Å²) in [6, 6.07) is 18.4. The van der Waals surface area contributed by atoms with E-state index in [4.69, 9.17) is 4.74 Å². The SMILES string of the molecule is CCCN(CC(=O)N(CCc1c[nH]c2ccccc12)Cc1ccc(OCC)cc1)C(=O)c1ccc(F)cc1F. The van der Waals surface area contributed by atoms with E-state index >= 15 is 0 Å². The second-order valence-corrected chi connectivity index (χ2v) is 9.35. The predicted octanol–water partition coefficient (Wildman–Crippen LogP) is 5.97. The number of para-hydroxylation sites is 1. The van der Waals surface area contributed by atoms with Gasteiger partial charge >= 0.3 is 0 Å². The minimum atomic E-state index is -0.945. The van der Waals surface area contributed by atoms with Crippen LogP contribution in [0.15, 0.2) is 72.9 Å². The Kier molecular flexibility index (Phi) is 9.31. The van der Waals surface area contributed by atoms with Gasteiger partial charge in [-0.1, -0.05) is 37.3 Å². The Bertz CT molecular complexity index is 1420. The van der Waals surface area contributed by atoms with Crippen LogP contribution in [0.25, 0.3) is 10.9 Å². The average molecular weight is 534 g/mol. The molecule has 0 atom stereocenters. The number of H-pyrrole nitrogens is 1. The van der Waals surface area contributed by atoms with Gasteiger partial charge in [0.15, 0.2) is 0 Å². The van der Waals surface area contributed by atoms with Crippen LogP contribution in [0, 0.1) is 11.6 Å². The van der Waals surface area contributed by atoms with Crippen molar-refractivity contribution in [2.24, 2.45) is 0 Å². The van der Waals surface area contributed by atoms with Crippen molar-refractivity contribution in [3.05, 3.63) is 101 Å². The highest BCUT2D eigenvalue weighted by Crippen LogP contribution is 2.20. The van der Waals surface area contributed by atoms with Gasteiger partial charge in [0.2, 0.25) is 5.91 Å². The van der Waals surface area contributed by atoms with Crippen LogP contribution in [0.2, 0.25) is 0 Å². The van der Waals surface area contributed by atoms with Crippen molar-refractivity contribution in [1.29, 1.82) is 0 Å². The number of nitrogens with zero attached hydrogens (tertiary/aromatic N) is 2. The minimum absolute atomic E-state index is 0.214. The zero-order valence-corrected chi connectivity index (χ0v) is 22.3. The fourth-order valence-corrected chi connectivity index (χ4v) is 4.58. The van der Waals surface area contributed by atoms with E-state index in [0.717, 1.165) is 39.9 Å². The Labute approximate surface area is 227 Å². The second-order valence-electron chi connectivity index (χ2n) is 9.35. The Morgan fingerprint density at radius 1 is 0.923 bits per heavy atom. The number of nitrogens with one attached hydrogen (secondary N) is 1. The number of halogens is 2. The van der Waals surface area contributed by atoms with Gasteiger partial charge < -0.3 is 19.5 Å². The predicted molar refractivity (Wildman–Crippen MR) is 148 cm³/mol. The Hall–Kier alpha value is -4.20. The molecule has 0 saturated carbocycles. The molecule has 0 saturated heterocycles. The molecule has 1 heterocycles. The highest BCUT2D eigenvalue weighted by molar-refractivity contribution is 5.96. The smallest absolute Gasteiger partial charge is 0.257 e. The number of aromatic nitrogens is 1. The van der Waals surface area contributed by atoms with Crippen LogP contribution >= 0.6 is 0 Å². The van der Waals surface area contributed by atoms with Crippen molar-refractivity contribution in [2.45, 2.75) is 33.2 Å². The number of ether oxygens (including phenoxy) is 1. The molecule has 0 aliphatic rings. The van der Waals surface area contributed by atoms with E-state index in [1.165, 1.54) is 4.90 Å². The molecule has 8 heteroatoms. The molecule has 0 unspecified atom stereocenters. The summed E-state index contributed by atoms with van der Waals surface area (Å²) in [7, 11) is 0. The maximum absolute atomic E-state index is 14.4. The van der Waals surface area contributed by atoms with Gasteiger partial charge in [-0.3, -0.25) is 9.59 Å². The van der Waals surface area contributed by atoms with E-state index in [1.54, 1.807) is 4.90 Å². The average Bonchev–Trinajstić information content (AvgIpc) is 3.34. The Morgan fingerprint density at radius 3 is 2.41 bits per heavy atom. The van der Waals surface area contributed by atoms with E-state index in [0.29, 0.717) is 38.6 Å². The van der Waals surface area contributed by atoms with Crippen LogP contribution < -0.4 is 4.74 Å². The molecule has 4 rings (SSSR count). The molecule has 4 aromatic rings. The number of benzene rings is 3. The van der Waals surface area contributed by atoms with E-state index in [1.807, 2.05) is 68.6 Å². The zero-order valence-electron chi connectivity index (χ0n) is 22.3. The van der Waals surface area contributed by atoms with Crippen molar-refractivity contribution >= 4 is 22.7 Å². The van der Waals surface area contributed by atoms with Gasteiger partial charge in [0.05, 0.1) is 12.2 Å². The number of amides is 2. The van der Waals surface area contributed by atoms with Gasteiger partial charge in [-0.2, -0.15) is 0 Å². The lowest BCUT2D eigenvalue weighted by Crippen LogP contribution is -2.44. The van der Waals surface area contributed by atoms with Crippen molar-refractivity contribution < 1.29 is 23.1 Å². The lowest BCUT2D eigenvalue weighted by atomic mass is 10.1. The van der Waals surface area contributed by atoms with Crippen LogP contribution in [0.5, 0.6) is 5.75 Å². The summed E-state index contributed by atoms with van der Waals surface area (Å²) in [4.78, 5) is 33.1. The summed E-state index contributed by atoms with van der Waals surface area (Å²) in [5, 5.41) is 1.10. The molecular formula is C31H33F2N3O3. The van der Waals surface area contributed by atoms with Crippen LogP contribution in [0.3, 0.4) is 0 Å². The first kappa shape index (κ1) is 27.8. The molecule has 0 bridgehead atoms. The number of hydrogen-bond acceptors (Lipinski definition) is 3. The van der Waals surface area contributed by atoms with Gasteiger partial charge in [-0.05, 0) is 61.2 Å². The van der Waals surface area contributed by atoms with Crippen molar-refractivity contribution in [1.82, 2.24) is 14.8 Å². The number of hydrogen-bond donors (Lipinski definition) is 1. The van der Waals surface area contributed by atoms with Crippen LogP contribution in [0.1, 0.15) is 41.8 Å². The van der Waals surface area contributed by atoms with E-state index in [9.17, 15) is 18.4 Å². The first-order chi connectivity index (χ1) is 18.9. The molecule has 39 heavy (non-hydrogen) atoms. The molecule has 0 aliphatic carbocycles.